The van der Waals surface area contributed by atoms with Crippen molar-refractivity contribution in [2.24, 2.45) is 0 Å². The Morgan fingerprint density at radius 1 is 0.857 bits per heavy atom. The van der Waals surface area contributed by atoms with Crippen LogP contribution in [0.2, 0.25) is 0 Å². The standard InChI is InChI=1S/2C9H12N.C3H7O4P/c2*1-2-3-7-10-8-5-4-6-9-10;1-2-3-7-8(4,5)6/h2*3-9H,2H2,1H3;2H,1,3H2,(H2,4,5,6)/q2*+1;/p-2. The topological polar surface area (TPSA) is 80.2 Å². The normalized spacial score (nSPS) is 10.7. The van der Waals surface area contributed by atoms with Gasteiger partial charge < -0.3 is 18.9 Å². The second-order valence-electron chi connectivity index (χ2n) is 5.26. The van der Waals surface area contributed by atoms with Crippen molar-refractivity contribution in [1.29, 1.82) is 0 Å². The number of hydrogen-bond acceptors (Lipinski definition) is 4. The average Bonchev–Trinajstić information content (AvgIpc) is 2.71. The minimum Gasteiger partial charge on any atom is -0.790 e. The zero-order valence-corrected chi connectivity index (χ0v) is 17.4. The van der Waals surface area contributed by atoms with Crippen LogP contribution in [0.3, 0.4) is 0 Å². The molecule has 2 aromatic heterocycles. The summed E-state index contributed by atoms with van der Waals surface area (Å²) in [6, 6.07) is 12.1. The molecule has 0 fully saturated rings. The third-order valence-electron chi connectivity index (χ3n) is 2.85. The Labute approximate surface area is 168 Å². The summed E-state index contributed by atoms with van der Waals surface area (Å²) in [5.74, 6) is 0. The summed E-state index contributed by atoms with van der Waals surface area (Å²) in [6.07, 6.45) is 19.8. The molecule has 0 aliphatic carbocycles. The van der Waals surface area contributed by atoms with E-state index in [0.29, 0.717) is 0 Å². The SMILES string of the molecule is C=CCOP(=O)([O-])[O-].CCC=C[n+]1ccccc1.CCC=C[n+]1ccccc1. The quantitative estimate of drug-likeness (QED) is 0.404. The Kier molecular flexibility index (Phi) is 15.4. The van der Waals surface area contributed by atoms with Gasteiger partial charge in [-0.15, -0.1) is 6.58 Å². The Morgan fingerprint density at radius 3 is 1.50 bits per heavy atom. The fourth-order valence-electron chi connectivity index (χ4n) is 1.62. The molecule has 0 aromatic carbocycles. The van der Waals surface area contributed by atoms with Crippen molar-refractivity contribution in [1.82, 2.24) is 0 Å². The summed E-state index contributed by atoms with van der Waals surface area (Å²) in [7, 11) is -4.75. The van der Waals surface area contributed by atoms with Crippen LogP contribution >= 0.6 is 7.82 Å². The van der Waals surface area contributed by atoms with Gasteiger partial charge in [-0.3, -0.25) is 0 Å². The largest absolute Gasteiger partial charge is 0.790 e. The van der Waals surface area contributed by atoms with Gasteiger partial charge in [0.05, 0.1) is 14.4 Å². The van der Waals surface area contributed by atoms with Crippen molar-refractivity contribution in [3.05, 3.63) is 86.0 Å². The van der Waals surface area contributed by atoms with E-state index in [1.165, 1.54) is 6.08 Å². The number of hydrogen-bond donors (Lipinski definition) is 0. The van der Waals surface area contributed by atoms with Crippen LogP contribution in [-0.4, -0.2) is 6.61 Å². The van der Waals surface area contributed by atoms with Crippen molar-refractivity contribution in [2.75, 3.05) is 6.61 Å². The van der Waals surface area contributed by atoms with E-state index in [1.807, 2.05) is 70.3 Å². The van der Waals surface area contributed by atoms with Crippen LogP contribution in [0.25, 0.3) is 12.4 Å². The van der Waals surface area contributed by atoms with Crippen LogP contribution in [0.4, 0.5) is 0 Å². The predicted octanol–water partition coefficient (Wildman–Crippen LogP) is 2.73. The molecule has 7 heteroatoms. The Bertz CT molecular complexity index is 679. The Morgan fingerprint density at radius 2 is 1.25 bits per heavy atom. The molecule has 0 spiro atoms. The number of pyridine rings is 2. The minimum atomic E-state index is -4.75. The van der Waals surface area contributed by atoms with Crippen LogP contribution in [-0.2, 0) is 9.09 Å². The molecule has 6 nitrogen and oxygen atoms in total. The van der Waals surface area contributed by atoms with Crippen LogP contribution in [0, 0.1) is 0 Å². The van der Waals surface area contributed by atoms with E-state index in [-0.39, 0.29) is 6.61 Å². The number of allylic oxidation sites excluding steroid dienone is 2. The van der Waals surface area contributed by atoms with Crippen LogP contribution in [0.15, 0.2) is 86.0 Å². The lowest BCUT2D eigenvalue weighted by Gasteiger charge is -2.27. The third-order valence-corrected chi connectivity index (χ3v) is 3.32. The third kappa shape index (κ3) is 17.1. The summed E-state index contributed by atoms with van der Waals surface area (Å²) in [6.45, 7) is 7.14. The second kappa shape index (κ2) is 16.8. The Balaban J connectivity index is 0.000000394. The molecule has 0 saturated heterocycles. The predicted molar refractivity (Wildman–Crippen MR) is 108 cm³/mol. The van der Waals surface area contributed by atoms with E-state index in [1.54, 1.807) is 0 Å². The first kappa shape index (κ1) is 25.6. The minimum absolute atomic E-state index is 0.246. The lowest BCUT2D eigenvalue weighted by molar-refractivity contribution is -0.568. The molecule has 0 amide bonds. The summed E-state index contributed by atoms with van der Waals surface area (Å²) < 4.78 is 17.4. The molecule has 152 valence electrons. The fraction of sp³-hybridized carbons (Fsp3) is 0.238. The summed E-state index contributed by atoms with van der Waals surface area (Å²) >= 11 is 0. The van der Waals surface area contributed by atoms with E-state index >= 15 is 0 Å². The van der Waals surface area contributed by atoms with Gasteiger partial charge >= 0.3 is 0 Å². The number of phosphoric acid groups is 1. The van der Waals surface area contributed by atoms with Gasteiger partial charge in [0.2, 0.25) is 0 Å². The molecule has 0 radical (unpaired) electrons. The molecular weight excluding hydrogens is 375 g/mol. The first-order valence-corrected chi connectivity index (χ1v) is 10.4. The maximum Gasteiger partial charge on any atom is 0.174 e. The summed E-state index contributed by atoms with van der Waals surface area (Å²) in [4.78, 5) is 19.2. The molecule has 0 saturated carbocycles. The van der Waals surface area contributed by atoms with Crippen molar-refractivity contribution in [3.8, 4) is 0 Å². The van der Waals surface area contributed by atoms with Crippen molar-refractivity contribution in [2.45, 2.75) is 26.7 Å². The van der Waals surface area contributed by atoms with Crippen molar-refractivity contribution in [3.63, 3.8) is 0 Å². The average molecular weight is 404 g/mol. The molecule has 2 heterocycles. The van der Waals surface area contributed by atoms with E-state index in [2.05, 4.69) is 49.5 Å². The molecule has 0 aliphatic heterocycles. The summed E-state index contributed by atoms with van der Waals surface area (Å²) in [5.41, 5.74) is 0. The number of nitrogens with zero attached hydrogens (tertiary/aromatic N) is 2. The second-order valence-corrected chi connectivity index (χ2v) is 6.42. The van der Waals surface area contributed by atoms with E-state index in [4.69, 9.17) is 0 Å². The van der Waals surface area contributed by atoms with Gasteiger partial charge in [0.15, 0.2) is 37.2 Å². The van der Waals surface area contributed by atoms with Gasteiger partial charge in [-0.1, -0.05) is 32.1 Å². The fourth-order valence-corrected chi connectivity index (χ4v) is 1.91. The van der Waals surface area contributed by atoms with Crippen LogP contribution in [0.5, 0.6) is 0 Å². The molecular formula is C21H29N2O4P. The highest BCUT2D eigenvalue weighted by atomic mass is 31.2. The zero-order chi connectivity index (χ0) is 21.1. The number of aromatic nitrogens is 2. The van der Waals surface area contributed by atoms with Gasteiger partial charge in [0.1, 0.15) is 0 Å². The molecule has 2 aromatic rings. The monoisotopic (exact) mass is 404 g/mol. The first-order chi connectivity index (χ1) is 13.4. The zero-order valence-electron chi connectivity index (χ0n) is 16.5. The highest BCUT2D eigenvalue weighted by Gasteiger charge is 1.87. The molecule has 0 atom stereocenters. The van der Waals surface area contributed by atoms with Gasteiger partial charge in [-0.05, 0) is 25.0 Å². The first-order valence-electron chi connectivity index (χ1n) is 8.95. The maximum absolute atomic E-state index is 9.59. The van der Waals surface area contributed by atoms with Crippen LogP contribution in [0.1, 0.15) is 26.7 Å². The highest BCUT2D eigenvalue weighted by Crippen LogP contribution is 2.23. The van der Waals surface area contributed by atoms with Crippen molar-refractivity contribution < 1.29 is 28.0 Å². The highest BCUT2D eigenvalue weighted by molar-refractivity contribution is 7.43. The van der Waals surface area contributed by atoms with E-state index < -0.39 is 7.82 Å². The van der Waals surface area contributed by atoms with E-state index in [0.717, 1.165) is 12.8 Å². The smallest absolute Gasteiger partial charge is 0.174 e. The molecule has 0 N–H and O–H groups in total. The molecule has 28 heavy (non-hydrogen) atoms. The maximum atomic E-state index is 9.59. The number of rotatable bonds is 7. The molecule has 0 bridgehead atoms. The van der Waals surface area contributed by atoms with Gasteiger partial charge in [-0.2, -0.15) is 9.13 Å². The lowest BCUT2D eigenvalue weighted by atomic mass is 10.4. The van der Waals surface area contributed by atoms with Crippen LogP contribution < -0.4 is 18.9 Å². The van der Waals surface area contributed by atoms with Gasteiger partial charge in [-0.25, -0.2) is 0 Å². The molecule has 0 aliphatic rings. The molecule has 0 unspecified atom stereocenters. The number of phosphoric ester groups is 1. The lowest BCUT2D eigenvalue weighted by Crippen LogP contribution is -2.23. The summed E-state index contributed by atoms with van der Waals surface area (Å²) in [5, 5.41) is 0. The van der Waals surface area contributed by atoms with Crippen molar-refractivity contribution >= 4 is 20.2 Å². The van der Waals surface area contributed by atoms with Gasteiger partial charge in [0.25, 0.3) is 0 Å². The van der Waals surface area contributed by atoms with Gasteiger partial charge in [0, 0.05) is 24.3 Å². The van der Waals surface area contributed by atoms with E-state index in [9.17, 15) is 14.4 Å². The Hall–Kier alpha value is -2.37. The molecule has 2 rings (SSSR count).